The quantitative estimate of drug-likeness (QED) is 0.699. The number of carboxylic acids is 1. The van der Waals surface area contributed by atoms with Gasteiger partial charge in [0.2, 0.25) is 0 Å². The maximum atomic E-state index is 12.5. The average Bonchev–Trinajstić information content (AvgIpc) is 3.01. The summed E-state index contributed by atoms with van der Waals surface area (Å²) in [5.74, 6) is -0.993. The van der Waals surface area contributed by atoms with Crippen LogP contribution in [0.3, 0.4) is 0 Å². The predicted octanol–water partition coefficient (Wildman–Crippen LogP) is 2.31. The lowest BCUT2D eigenvalue weighted by molar-refractivity contribution is -0.151. The number of rotatable bonds is 7. The van der Waals surface area contributed by atoms with Gasteiger partial charge < -0.3 is 19.5 Å². The van der Waals surface area contributed by atoms with Crippen molar-refractivity contribution >= 4 is 12.1 Å². The van der Waals surface area contributed by atoms with E-state index in [4.69, 9.17) is 9.47 Å². The molecule has 0 unspecified atom stereocenters. The molecule has 152 valence electrons. The van der Waals surface area contributed by atoms with Gasteiger partial charge in [-0.3, -0.25) is 10.1 Å². The van der Waals surface area contributed by atoms with Crippen LogP contribution in [0.5, 0.6) is 0 Å². The van der Waals surface area contributed by atoms with Crippen molar-refractivity contribution in [1.82, 2.24) is 10.2 Å². The first kappa shape index (κ1) is 19.4. The topological polar surface area (TPSA) is 88.1 Å². The van der Waals surface area contributed by atoms with Crippen molar-refractivity contribution in [2.75, 3.05) is 40.0 Å². The number of benzene rings is 2. The summed E-state index contributed by atoms with van der Waals surface area (Å²) in [7, 11) is 1.55. The molecule has 0 radical (unpaired) electrons. The maximum Gasteiger partial charge on any atom is 0.409 e. The van der Waals surface area contributed by atoms with Crippen LogP contribution in [0.4, 0.5) is 4.79 Å². The highest BCUT2D eigenvalue weighted by molar-refractivity contribution is 5.84. The van der Waals surface area contributed by atoms with E-state index < -0.39 is 17.6 Å². The van der Waals surface area contributed by atoms with E-state index in [9.17, 15) is 14.7 Å². The van der Waals surface area contributed by atoms with E-state index >= 15 is 0 Å². The van der Waals surface area contributed by atoms with Crippen LogP contribution in [0.2, 0.25) is 0 Å². The van der Waals surface area contributed by atoms with Gasteiger partial charge in [0.1, 0.15) is 6.61 Å². The average molecular weight is 396 g/mol. The van der Waals surface area contributed by atoms with E-state index in [0.29, 0.717) is 13.2 Å². The van der Waals surface area contributed by atoms with Gasteiger partial charge in [0.05, 0.1) is 19.7 Å². The van der Waals surface area contributed by atoms with Crippen molar-refractivity contribution in [3.63, 3.8) is 0 Å². The Labute approximate surface area is 169 Å². The number of nitrogens with zero attached hydrogens (tertiary/aromatic N) is 1. The molecular weight excluding hydrogens is 372 g/mol. The fraction of sp³-hybridized carbons (Fsp3) is 0.364. The van der Waals surface area contributed by atoms with E-state index in [1.807, 2.05) is 24.3 Å². The number of carbonyl (C=O) groups excluding carboxylic acids is 1. The van der Waals surface area contributed by atoms with Gasteiger partial charge in [-0.15, -0.1) is 0 Å². The Morgan fingerprint density at radius 1 is 1.10 bits per heavy atom. The second kappa shape index (κ2) is 7.85. The van der Waals surface area contributed by atoms with E-state index in [2.05, 4.69) is 29.6 Å². The van der Waals surface area contributed by atoms with Crippen LogP contribution >= 0.6 is 0 Å². The molecule has 29 heavy (non-hydrogen) atoms. The maximum absolute atomic E-state index is 12.5. The van der Waals surface area contributed by atoms with Crippen molar-refractivity contribution in [2.24, 2.45) is 0 Å². The first-order chi connectivity index (χ1) is 14.1. The van der Waals surface area contributed by atoms with Gasteiger partial charge in [-0.2, -0.15) is 0 Å². The molecule has 7 nitrogen and oxygen atoms in total. The molecule has 0 spiro atoms. The fourth-order valence-electron chi connectivity index (χ4n) is 4.13. The van der Waals surface area contributed by atoms with E-state index in [0.717, 1.165) is 11.1 Å². The van der Waals surface area contributed by atoms with E-state index in [-0.39, 0.29) is 25.6 Å². The number of amides is 1. The van der Waals surface area contributed by atoms with Crippen LogP contribution in [0, 0.1) is 0 Å². The molecule has 0 aromatic heterocycles. The number of aliphatic carboxylic acids is 1. The Morgan fingerprint density at radius 3 is 2.24 bits per heavy atom. The molecule has 2 N–H and O–H groups in total. The molecule has 4 rings (SSSR count). The minimum atomic E-state index is -1.13. The highest BCUT2D eigenvalue weighted by atomic mass is 16.6. The van der Waals surface area contributed by atoms with Crippen molar-refractivity contribution < 1.29 is 24.2 Å². The third kappa shape index (κ3) is 3.47. The van der Waals surface area contributed by atoms with E-state index in [1.165, 1.54) is 16.0 Å². The van der Waals surface area contributed by atoms with Gasteiger partial charge in [-0.05, 0) is 22.3 Å². The molecule has 1 saturated heterocycles. The van der Waals surface area contributed by atoms with Crippen LogP contribution in [0.15, 0.2) is 48.5 Å². The molecule has 1 heterocycles. The largest absolute Gasteiger partial charge is 0.480 e. The second-order valence-corrected chi connectivity index (χ2v) is 7.47. The first-order valence-electron chi connectivity index (χ1n) is 9.63. The Balaban J connectivity index is 1.39. The lowest BCUT2D eigenvalue weighted by atomic mass is 9.90. The van der Waals surface area contributed by atoms with Crippen molar-refractivity contribution in [1.29, 1.82) is 0 Å². The van der Waals surface area contributed by atoms with Gasteiger partial charge >= 0.3 is 12.1 Å². The molecular formula is C22H24N2O5. The summed E-state index contributed by atoms with van der Waals surface area (Å²) in [4.78, 5) is 25.5. The molecule has 0 atom stereocenters. The summed E-state index contributed by atoms with van der Waals surface area (Å²) in [5.41, 5.74) is 3.49. The summed E-state index contributed by atoms with van der Waals surface area (Å²) in [6, 6.07) is 16.3. The van der Waals surface area contributed by atoms with Gasteiger partial charge in [0.15, 0.2) is 5.54 Å². The Kier molecular flexibility index (Phi) is 5.25. The number of fused-ring (bicyclic) bond motifs is 3. The summed E-state index contributed by atoms with van der Waals surface area (Å²) in [5, 5.41) is 12.5. The number of methoxy groups -OCH3 is 1. The van der Waals surface area contributed by atoms with Gasteiger partial charge in [-0.25, -0.2) is 4.79 Å². The molecule has 1 fully saturated rings. The monoisotopic (exact) mass is 396 g/mol. The zero-order valence-electron chi connectivity index (χ0n) is 16.3. The lowest BCUT2D eigenvalue weighted by Crippen LogP contribution is -2.74. The molecule has 1 aliphatic heterocycles. The van der Waals surface area contributed by atoms with Crippen molar-refractivity contribution in [3.8, 4) is 11.1 Å². The van der Waals surface area contributed by atoms with Crippen LogP contribution in [0.25, 0.3) is 11.1 Å². The van der Waals surface area contributed by atoms with Crippen LogP contribution in [0.1, 0.15) is 17.0 Å². The van der Waals surface area contributed by atoms with Crippen LogP contribution in [-0.2, 0) is 14.3 Å². The molecule has 0 saturated carbocycles. The molecule has 1 amide bonds. The summed E-state index contributed by atoms with van der Waals surface area (Å²) < 4.78 is 10.5. The minimum absolute atomic E-state index is 0.0170. The molecule has 1 aliphatic carbocycles. The standard InChI is InChI=1S/C22H24N2O5/c1-28-11-10-23-22(20(25)26)13-24(14-22)21(27)29-12-19-17-8-4-2-6-15(17)16-7-3-5-9-18(16)19/h2-9,19,23H,10-14H2,1H3,(H,25,26). The highest BCUT2D eigenvalue weighted by Gasteiger charge is 2.51. The summed E-state index contributed by atoms with van der Waals surface area (Å²) >= 11 is 0. The van der Waals surface area contributed by atoms with E-state index in [1.54, 1.807) is 7.11 Å². The Morgan fingerprint density at radius 2 is 1.69 bits per heavy atom. The summed E-state index contributed by atoms with van der Waals surface area (Å²) in [6.07, 6.45) is -0.489. The zero-order valence-corrected chi connectivity index (χ0v) is 16.3. The zero-order chi connectivity index (χ0) is 20.4. The first-order valence-corrected chi connectivity index (χ1v) is 9.63. The fourth-order valence-corrected chi connectivity index (χ4v) is 4.13. The predicted molar refractivity (Wildman–Crippen MR) is 107 cm³/mol. The molecule has 2 aliphatic rings. The van der Waals surface area contributed by atoms with Crippen LogP contribution in [-0.4, -0.2) is 67.6 Å². The number of nitrogens with one attached hydrogen (secondary N) is 1. The summed E-state index contributed by atoms with van der Waals surface area (Å²) in [6.45, 7) is 1.17. The Hall–Kier alpha value is -2.90. The SMILES string of the molecule is COCCNC1(C(=O)O)CN(C(=O)OCC2c3ccccc3-c3ccccc32)C1. The van der Waals surface area contributed by atoms with Gasteiger partial charge in [0.25, 0.3) is 0 Å². The number of hydrogen-bond acceptors (Lipinski definition) is 5. The highest BCUT2D eigenvalue weighted by Crippen LogP contribution is 2.44. The third-order valence-corrected chi connectivity index (χ3v) is 5.69. The third-order valence-electron chi connectivity index (χ3n) is 5.69. The lowest BCUT2D eigenvalue weighted by Gasteiger charge is -2.46. The van der Waals surface area contributed by atoms with Gasteiger partial charge in [0, 0.05) is 19.6 Å². The Bertz CT molecular complexity index is 877. The van der Waals surface area contributed by atoms with Crippen molar-refractivity contribution in [2.45, 2.75) is 11.5 Å². The smallest absolute Gasteiger partial charge is 0.409 e. The number of hydrogen-bond donors (Lipinski definition) is 2. The number of carboxylic acid groups (broad SMARTS) is 1. The minimum Gasteiger partial charge on any atom is -0.480 e. The normalized spacial score (nSPS) is 16.7. The van der Waals surface area contributed by atoms with Crippen molar-refractivity contribution in [3.05, 3.63) is 59.7 Å². The molecule has 2 aromatic carbocycles. The second-order valence-electron chi connectivity index (χ2n) is 7.47. The number of likely N-dealkylation sites (tertiary alicyclic amines) is 1. The van der Waals surface area contributed by atoms with Crippen LogP contribution < -0.4 is 5.32 Å². The molecule has 0 bridgehead atoms. The van der Waals surface area contributed by atoms with Gasteiger partial charge in [-0.1, -0.05) is 48.5 Å². The number of ether oxygens (including phenoxy) is 2. The molecule has 7 heteroatoms. The molecule has 2 aromatic rings. The number of carbonyl (C=O) groups is 2.